The molecule has 0 amide bonds. The Kier molecular flexibility index (Phi) is 6.80. The van der Waals surface area contributed by atoms with Gasteiger partial charge < -0.3 is 15.2 Å². The monoisotopic (exact) mass is 326 g/mol. The van der Waals surface area contributed by atoms with E-state index in [-0.39, 0.29) is 0 Å². The highest BCUT2D eigenvalue weighted by Crippen LogP contribution is 2.34. The Morgan fingerprint density at radius 2 is 2.09 bits per heavy atom. The summed E-state index contributed by atoms with van der Waals surface area (Å²) in [4.78, 5) is 2.42. The van der Waals surface area contributed by atoms with E-state index in [1.165, 1.54) is 0 Å². The van der Waals surface area contributed by atoms with E-state index in [2.05, 4.69) is 11.8 Å². The smallest absolute Gasteiger partial charge is 0.162 e. The first-order chi connectivity index (χ1) is 10.6. The van der Waals surface area contributed by atoms with Crippen LogP contribution >= 0.6 is 11.6 Å². The van der Waals surface area contributed by atoms with Crippen molar-refractivity contribution in [2.45, 2.75) is 45.2 Å². The molecule has 1 aromatic rings. The molecule has 124 valence electrons. The molecular formula is C17H27ClN2O2. The third kappa shape index (κ3) is 4.77. The highest BCUT2D eigenvalue weighted by Gasteiger charge is 2.17. The molecule has 0 spiro atoms. The van der Waals surface area contributed by atoms with Crippen molar-refractivity contribution < 1.29 is 9.47 Å². The topological polar surface area (TPSA) is 47.7 Å². The third-order valence-electron chi connectivity index (χ3n) is 4.05. The minimum atomic E-state index is 0.333. The van der Waals surface area contributed by atoms with Crippen molar-refractivity contribution in [2.75, 3.05) is 26.8 Å². The number of ether oxygens (including phenoxy) is 2. The van der Waals surface area contributed by atoms with E-state index in [1.54, 1.807) is 7.11 Å². The van der Waals surface area contributed by atoms with E-state index >= 15 is 0 Å². The van der Waals surface area contributed by atoms with Crippen molar-refractivity contribution in [1.29, 1.82) is 0 Å². The Morgan fingerprint density at radius 1 is 1.27 bits per heavy atom. The van der Waals surface area contributed by atoms with Crippen LogP contribution in [0.4, 0.5) is 0 Å². The molecule has 22 heavy (non-hydrogen) atoms. The average Bonchev–Trinajstić information content (AvgIpc) is 2.72. The molecule has 5 heteroatoms. The van der Waals surface area contributed by atoms with Crippen LogP contribution in [0.2, 0.25) is 5.02 Å². The van der Waals surface area contributed by atoms with Gasteiger partial charge in [-0.2, -0.15) is 0 Å². The Labute approximate surface area is 138 Å². The maximum Gasteiger partial charge on any atom is 0.162 e. The van der Waals surface area contributed by atoms with Gasteiger partial charge in [-0.3, -0.25) is 4.90 Å². The number of hydrogen-bond donors (Lipinski definition) is 1. The van der Waals surface area contributed by atoms with E-state index in [0.29, 0.717) is 12.6 Å². The Bertz CT molecular complexity index is 482. The number of benzene rings is 1. The first kappa shape index (κ1) is 17.4. The number of nitrogens with two attached hydrogens (primary N) is 1. The fourth-order valence-electron chi connectivity index (χ4n) is 2.76. The zero-order chi connectivity index (χ0) is 15.9. The Hall–Kier alpha value is -0.970. The number of halogens is 1. The number of hydrogen-bond acceptors (Lipinski definition) is 4. The summed E-state index contributed by atoms with van der Waals surface area (Å²) in [5, 5.41) is 0.737. The Balaban J connectivity index is 2.09. The van der Waals surface area contributed by atoms with E-state index in [4.69, 9.17) is 26.8 Å². The van der Waals surface area contributed by atoms with Crippen molar-refractivity contribution in [1.82, 2.24) is 4.90 Å². The first-order valence-corrected chi connectivity index (χ1v) is 8.49. The van der Waals surface area contributed by atoms with E-state index in [9.17, 15) is 0 Å². The molecule has 1 aromatic carbocycles. The van der Waals surface area contributed by atoms with Gasteiger partial charge in [0.25, 0.3) is 0 Å². The lowest BCUT2D eigenvalue weighted by Gasteiger charge is -2.21. The summed E-state index contributed by atoms with van der Waals surface area (Å²) in [6, 6.07) is 4.20. The molecule has 0 aliphatic carbocycles. The fraction of sp³-hybridized carbons (Fsp3) is 0.647. The number of nitrogens with zero attached hydrogens (tertiary/aromatic N) is 1. The summed E-state index contributed by atoms with van der Waals surface area (Å²) < 4.78 is 11.1. The molecule has 0 saturated carbocycles. The minimum absolute atomic E-state index is 0.333. The summed E-state index contributed by atoms with van der Waals surface area (Å²) in [6.45, 7) is 5.66. The molecule has 1 heterocycles. The van der Waals surface area contributed by atoms with E-state index in [0.717, 1.165) is 67.4 Å². The van der Waals surface area contributed by atoms with E-state index < -0.39 is 0 Å². The molecule has 2 rings (SSSR count). The summed E-state index contributed by atoms with van der Waals surface area (Å²) in [6.07, 6.45) is 4.26. The second-order valence-electron chi connectivity index (χ2n) is 5.91. The van der Waals surface area contributed by atoms with Crippen LogP contribution in [0.1, 0.15) is 38.2 Å². The number of likely N-dealkylation sites (tertiary alicyclic amines) is 1. The highest BCUT2D eigenvalue weighted by molar-refractivity contribution is 6.31. The van der Waals surface area contributed by atoms with Gasteiger partial charge in [0.05, 0.1) is 13.7 Å². The molecule has 1 aliphatic heterocycles. The predicted octanol–water partition coefficient (Wildman–Crippen LogP) is 3.45. The second kappa shape index (κ2) is 8.61. The summed E-state index contributed by atoms with van der Waals surface area (Å²) >= 11 is 6.44. The summed E-state index contributed by atoms with van der Waals surface area (Å²) in [5.74, 6) is 1.47. The molecule has 2 N–H and O–H groups in total. The molecule has 0 radical (unpaired) electrons. The van der Waals surface area contributed by atoms with Crippen molar-refractivity contribution in [3.05, 3.63) is 22.7 Å². The molecule has 1 fully saturated rings. The molecule has 1 atom stereocenters. The van der Waals surface area contributed by atoms with Crippen LogP contribution in [0.3, 0.4) is 0 Å². The molecular weight excluding hydrogens is 300 g/mol. The average molecular weight is 327 g/mol. The normalized spacial score (nSPS) is 19.7. The largest absolute Gasteiger partial charge is 0.493 e. The van der Waals surface area contributed by atoms with Crippen LogP contribution in [0.25, 0.3) is 0 Å². The van der Waals surface area contributed by atoms with Crippen molar-refractivity contribution in [2.24, 2.45) is 5.73 Å². The second-order valence-corrected chi connectivity index (χ2v) is 6.32. The SMILES string of the molecule is CCCOc1cc(Cl)c(CN2CCCC(N)CC2)cc1OC. The van der Waals surface area contributed by atoms with Crippen LogP contribution in [0.5, 0.6) is 11.5 Å². The zero-order valence-electron chi connectivity index (χ0n) is 13.6. The van der Waals surface area contributed by atoms with Crippen LogP contribution < -0.4 is 15.2 Å². The lowest BCUT2D eigenvalue weighted by atomic mass is 10.1. The van der Waals surface area contributed by atoms with Crippen molar-refractivity contribution in [3.63, 3.8) is 0 Å². The van der Waals surface area contributed by atoms with Crippen LogP contribution in [0, 0.1) is 0 Å². The quantitative estimate of drug-likeness (QED) is 0.869. The Morgan fingerprint density at radius 3 is 2.82 bits per heavy atom. The maximum absolute atomic E-state index is 6.44. The van der Waals surface area contributed by atoms with Crippen LogP contribution in [-0.2, 0) is 6.54 Å². The molecule has 0 aromatic heterocycles. The van der Waals surface area contributed by atoms with Gasteiger partial charge in [-0.1, -0.05) is 18.5 Å². The zero-order valence-corrected chi connectivity index (χ0v) is 14.4. The number of methoxy groups -OCH3 is 1. The van der Waals surface area contributed by atoms with E-state index in [1.807, 2.05) is 12.1 Å². The van der Waals surface area contributed by atoms with Crippen molar-refractivity contribution >= 4 is 11.6 Å². The molecule has 1 aliphatic rings. The van der Waals surface area contributed by atoms with Gasteiger partial charge in [0.1, 0.15) is 0 Å². The standard InChI is InChI=1S/C17H27ClN2O2/c1-3-9-22-17-11-15(18)13(10-16(17)21-2)12-20-7-4-5-14(19)6-8-20/h10-11,14H,3-9,12,19H2,1-2H3. The highest BCUT2D eigenvalue weighted by atomic mass is 35.5. The minimum Gasteiger partial charge on any atom is -0.493 e. The third-order valence-corrected chi connectivity index (χ3v) is 4.41. The van der Waals surface area contributed by atoms with Gasteiger partial charge in [0.15, 0.2) is 11.5 Å². The molecule has 1 saturated heterocycles. The maximum atomic E-state index is 6.44. The number of rotatable bonds is 6. The van der Waals surface area contributed by atoms with Gasteiger partial charge in [0, 0.05) is 23.7 Å². The van der Waals surface area contributed by atoms with Crippen LogP contribution in [-0.4, -0.2) is 37.7 Å². The lowest BCUT2D eigenvalue weighted by molar-refractivity contribution is 0.273. The van der Waals surface area contributed by atoms with Crippen molar-refractivity contribution in [3.8, 4) is 11.5 Å². The van der Waals surface area contributed by atoms with Gasteiger partial charge in [-0.05, 0) is 50.4 Å². The van der Waals surface area contributed by atoms with Gasteiger partial charge >= 0.3 is 0 Å². The summed E-state index contributed by atoms with van der Waals surface area (Å²) in [7, 11) is 1.66. The summed E-state index contributed by atoms with van der Waals surface area (Å²) in [5.41, 5.74) is 7.12. The molecule has 4 nitrogen and oxygen atoms in total. The molecule has 0 bridgehead atoms. The predicted molar refractivity (Wildman–Crippen MR) is 90.9 cm³/mol. The van der Waals surface area contributed by atoms with Gasteiger partial charge in [-0.15, -0.1) is 0 Å². The van der Waals surface area contributed by atoms with Gasteiger partial charge in [-0.25, -0.2) is 0 Å². The fourth-order valence-corrected chi connectivity index (χ4v) is 2.98. The van der Waals surface area contributed by atoms with Crippen LogP contribution in [0.15, 0.2) is 12.1 Å². The molecule has 1 unspecified atom stereocenters. The van der Waals surface area contributed by atoms with Gasteiger partial charge in [0.2, 0.25) is 0 Å². The first-order valence-electron chi connectivity index (χ1n) is 8.11. The lowest BCUT2D eigenvalue weighted by Crippen LogP contribution is -2.26.